The minimum atomic E-state index is 0. The monoisotopic (exact) mass is 366 g/mol. The van der Waals surface area contributed by atoms with Crippen LogP contribution in [0.15, 0.2) is 0 Å². The Balaban J connectivity index is -0.0000000150. The summed E-state index contributed by atoms with van der Waals surface area (Å²) in [4.78, 5) is 0. The maximum absolute atomic E-state index is 2.19. The average Bonchev–Trinajstić information content (AvgIpc) is 0.811. The van der Waals surface area contributed by atoms with Gasteiger partial charge in [-0.2, -0.15) is 0 Å². The zero-order valence-corrected chi connectivity index (χ0v) is 11.0. The fourth-order valence-corrected chi connectivity index (χ4v) is 0. The molecule has 0 unspecified atom stereocenters. The predicted molar refractivity (Wildman–Crippen MR) is 36.7 cm³/mol. The molecule has 0 aliphatic heterocycles. The fourth-order valence-electron chi connectivity index (χ4n) is 0. The molecule has 50 valence electrons. The summed E-state index contributed by atoms with van der Waals surface area (Å²) in [5.74, 6) is 0. The van der Waals surface area contributed by atoms with Gasteiger partial charge in [-0.25, -0.2) is 0 Å². The molecule has 0 N–H and O–H groups in total. The van der Waals surface area contributed by atoms with Crippen LogP contribution in [0.2, 0.25) is 0 Å². The third-order valence-electron chi connectivity index (χ3n) is 0. The van der Waals surface area contributed by atoms with Crippen LogP contribution in [0.1, 0.15) is 0 Å². The number of rotatable bonds is 0. The summed E-state index contributed by atoms with van der Waals surface area (Å²) in [6, 6.07) is 0. The van der Waals surface area contributed by atoms with Crippen molar-refractivity contribution in [2.45, 2.75) is 0 Å². The molecule has 7 heavy (non-hydrogen) atoms. The molecule has 0 nitrogen and oxygen atoms in total. The molecule has 0 rings (SSSR count). The molecular formula is C3H12I2S2. The molecule has 0 atom stereocenters. The highest BCUT2D eigenvalue weighted by Gasteiger charge is 1.77. The van der Waals surface area contributed by atoms with Crippen LogP contribution in [-0.2, 0) is 24.4 Å². The lowest BCUT2D eigenvalue weighted by molar-refractivity contribution is -0.00100. The standard InChI is InChI=1S/C3H9S.2HI.H2S/c1-4(2)3;;;/h1-3H3;2*1H;1H2/q+1;;;/p-1. The van der Waals surface area contributed by atoms with E-state index in [0.717, 1.165) is 0 Å². The smallest absolute Gasteiger partial charge is 0.0969 e. The summed E-state index contributed by atoms with van der Waals surface area (Å²) < 4.78 is 0. The van der Waals surface area contributed by atoms with E-state index in [-0.39, 0.29) is 61.4 Å². The van der Waals surface area contributed by atoms with Crippen LogP contribution >= 0.6 is 0 Å². The lowest BCUT2D eigenvalue weighted by Crippen LogP contribution is -3.00. The Bertz CT molecular complexity index is 15.7. The van der Waals surface area contributed by atoms with Gasteiger partial charge >= 0.3 is 0 Å². The molecule has 0 aromatic heterocycles. The Hall–Kier alpha value is 2.16. The van der Waals surface area contributed by atoms with Crippen LogP contribution in [0, 0.1) is 0 Å². The fraction of sp³-hybridized carbons (Fsp3) is 1.00. The van der Waals surface area contributed by atoms with E-state index >= 15 is 0 Å². The summed E-state index contributed by atoms with van der Waals surface area (Å²) in [6.07, 6.45) is 6.58. The normalized spacial score (nSPS) is 5.14. The van der Waals surface area contributed by atoms with Gasteiger partial charge in [0.25, 0.3) is 0 Å². The van der Waals surface area contributed by atoms with Gasteiger partial charge in [0, 0.05) is 0 Å². The maximum atomic E-state index is 2.19. The second kappa shape index (κ2) is 15.7. The zero-order valence-electron chi connectivity index (χ0n) is 4.74. The van der Waals surface area contributed by atoms with Crippen LogP contribution in [-0.4, -0.2) is 18.8 Å². The lowest BCUT2D eigenvalue weighted by atomic mass is 11.9. The summed E-state index contributed by atoms with van der Waals surface area (Å²) in [5, 5.41) is 0. The van der Waals surface area contributed by atoms with E-state index in [1.165, 1.54) is 0 Å². The van der Waals surface area contributed by atoms with Crippen molar-refractivity contribution in [1.82, 2.24) is 0 Å². The topological polar surface area (TPSA) is 0 Å². The molecule has 0 aromatic rings. The van der Waals surface area contributed by atoms with E-state index in [9.17, 15) is 0 Å². The molecule has 0 aliphatic carbocycles. The van der Waals surface area contributed by atoms with E-state index in [2.05, 4.69) is 18.8 Å². The van der Waals surface area contributed by atoms with Gasteiger partial charge in [-0.1, -0.05) is 13.5 Å². The van der Waals surface area contributed by atoms with Gasteiger partial charge in [0.2, 0.25) is 0 Å². The number of hydrogen-bond acceptors (Lipinski definition) is 0. The molecule has 0 aromatic carbocycles. The molecule has 4 heteroatoms. The SMILES string of the molecule is C[S+](C)C.[I-].[I-].[SH3+]. The molecule has 0 fully saturated rings. The average molecular weight is 366 g/mol. The van der Waals surface area contributed by atoms with Crippen LogP contribution in [0.5, 0.6) is 0 Å². The molecular weight excluding hydrogens is 354 g/mol. The first-order valence-electron chi connectivity index (χ1n) is 1.22. The van der Waals surface area contributed by atoms with Gasteiger partial charge in [-0.15, -0.1) is 0 Å². The minimum Gasteiger partial charge on any atom is -1.00 e. The molecule has 0 heterocycles. The highest BCUT2D eigenvalue weighted by molar-refractivity contribution is 7.94. The van der Waals surface area contributed by atoms with Crippen molar-refractivity contribution in [3.8, 4) is 0 Å². The Kier molecular flexibility index (Phi) is 51.4. The number of hydrogen-bond donors (Lipinski definition) is 0. The van der Waals surface area contributed by atoms with Gasteiger partial charge in [0.15, 0.2) is 0 Å². The Morgan fingerprint density at radius 2 is 0.857 bits per heavy atom. The lowest BCUT2D eigenvalue weighted by Gasteiger charge is -1.69. The largest absolute Gasteiger partial charge is 1.00 e. The molecule has 0 saturated heterocycles. The van der Waals surface area contributed by atoms with Gasteiger partial charge in [-0.3, -0.25) is 0 Å². The third kappa shape index (κ3) is 66.4. The summed E-state index contributed by atoms with van der Waals surface area (Å²) in [5.41, 5.74) is 0. The van der Waals surface area contributed by atoms with Gasteiger partial charge < -0.3 is 48.0 Å². The zero-order chi connectivity index (χ0) is 3.58. The second-order valence-corrected chi connectivity index (χ2v) is 3.67. The first kappa shape index (κ1) is 22.9. The van der Waals surface area contributed by atoms with Crippen molar-refractivity contribution in [2.75, 3.05) is 18.8 Å². The molecule has 0 bridgehead atoms. The first-order valence-corrected chi connectivity index (χ1v) is 3.67. The van der Waals surface area contributed by atoms with Crippen LogP contribution in [0.3, 0.4) is 0 Å². The van der Waals surface area contributed by atoms with Gasteiger partial charge in [0.1, 0.15) is 0 Å². The van der Waals surface area contributed by atoms with Crippen LogP contribution in [0.25, 0.3) is 0 Å². The molecule has 0 aliphatic rings. The third-order valence-corrected chi connectivity index (χ3v) is 0. The summed E-state index contributed by atoms with van der Waals surface area (Å²) >= 11 is 0. The molecule has 0 saturated carbocycles. The van der Waals surface area contributed by atoms with Crippen molar-refractivity contribution in [3.05, 3.63) is 0 Å². The van der Waals surface area contributed by atoms with Crippen molar-refractivity contribution in [2.24, 2.45) is 0 Å². The van der Waals surface area contributed by atoms with Crippen molar-refractivity contribution < 1.29 is 48.0 Å². The Labute approximate surface area is 90.0 Å². The van der Waals surface area contributed by atoms with Crippen LogP contribution < -0.4 is 48.0 Å². The van der Waals surface area contributed by atoms with Gasteiger partial charge in [0.05, 0.1) is 18.8 Å². The van der Waals surface area contributed by atoms with E-state index < -0.39 is 0 Å². The first-order chi connectivity index (χ1) is 1.73. The van der Waals surface area contributed by atoms with E-state index in [0.29, 0.717) is 10.9 Å². The summed E-state index contributed by atoms with van der Waals surface area (Å²) in [6.45, 7) is 0. The highest BCUT2D eigenvalue weighted by Crippen LogP contribution is 1.63. The molecule has 0 amide bonds. The number of halogens is 2. The molecule has 0 spiro atoms. The van der Waals surface area contributed by atoms with Crippen molar-refractivity contribution >= 4 is 24.4 Å². The minimum absolute atomic E-state index is 0. The quantitative estimate of drug-likeness (QED) is 0.296. The van der Waals surface area contributed by atoms with E-state index in [1.807, 2.05) is 0 Å². The summed E-state index contributed by atoms with van der Waals surface area (Å²) in [7, 11) is 0.639. The van der Waals surface area contributed by atoms with Gasteiger partial charge in [-0.05, 0) is 10.9 Å². The second-order valence-electron chi connectivity index (χ2n) is 1.22. The molecule has 0 radical (unpaired) electrons. The Morgan fingerprint density at radius 1 is 0.857 bits per heavy atom. The van der Waals surface area contributed by atoms with E-state index in [4.69, 9.17) is 0 Å². The highest BCUT2D eigenvalue weighted by atomic mass is 127. The van der Waals surface area contributed by atoms with Crippen molar-refractivity contribution in [3.63, 3.8) is 0 Å². The van der Waals surface area contributed by atoms with E-state index in [1.54, 1.807) is 0 Å². The van der Waals surface area contributed by atoms with Crippen molar-refractivity contribution in [1.29, 1.82) is 0 Å². The predicted octanol–water partition coefficient (Wildman–Crippen LogP) is -6.30. The van der Waals surface area contributed by atoms with Crippen LogP contribution in [0.4, 0.5) is 0 Å². The Morgan fingerprint density at radius 3 is 0.857 bits per heavy atom. The maximum Gasteiger partial charge on any atom is 0.0969 e.